The standard InChI is InChI=1S/C16H25N7O7/c1-9(24)22-10(3-2-6-19-16(17)18)15(29)21-7-11(25)20-8-14(28)30-23-12(26)4-5-13(23)27/h10H,2-8H2,1H3,(H,20,25)(H,21,29)(H,22,24)(H4,17,18,19). The predicted molar refractivity (Wildman–Crippen MR) is 100.0 cm³/mol. The summed E-state index contributed by atoms with van der Waals surface area (Å²) in [5.41, 5.74) is 5.15. The highest BCUT2D eigenvalue weighted by Crippen LogP contribution is 2.11. The predicted octanol–water partition coefficient (Wildman–Crippen LogP) is -3.41. The van der Waals surface area contributed by atoms with E-state index in [-0.39, 0.29) is 25.2 Å². The molecule has 0 aromatic rings. The number of amides is 5. The van der Waals surface area contributed by atoms with E-state index < -0.39 is 54.6 Å². The van der Waals surface area contributed by atoms with Gasteiger partial charge in [0, 0.05) is 26.3 Å². The first-order valence-corrected chi connectivity index (χ1v) is 9.06. The molecule has 5 amide bonds. The lowest BCUT2D eigenvalue weighted by atomic mass is 10.1. The third kappa shape index (κ3) is 8.99. The first kappa shape index (κ1) is 24.3. The Bertz CT molecular complexity index is 709. The molecule has 1 atom stereocenters. The van der Waals surface area contributed by atoms with Gasteiger partial charge in [-0.15, -0.1) is 5.06 Å². The normalized spacial score (nSPS) is 14.0. The van der Waals surface area contributed by atoms with Crippen LogP contribution in [0.5, 0.6) is 0 Å². The molecule has 30 heavy (non-hydrogen) atoms. The summed E-state index contributed by atoms with van der Waals surface area (Å²) in [4.78, 5) is 74.1. The monoisotopic (exact) mass is 427 g/mol. The fourth-order valence-electron chi connectivity index (χ4n) is 2.36. The van der Waals surface area contributed by atoms with Gasteiger partial charge in [-0.25, -0.2) is 4.79 Å². The molecule has 1 heterocycles. The molecule has 166 valence electrons. The van der Waals surface area contributed by atoms with E-state index in [9.17, 15) is 28.8 Å². The van der Waals surface area contributed by atoms with Crippen LogP contribution >= 0.6 is 0 Å². The van der Waals surface area contributed by atoms with Crippen LogP contribution in [0.1, 0.15) is 32.6 Å². The average Bonchev–Trinajstić information content (AvgIpc) is 2.98. The van der Waals surface area contributed by atoms with Crippen molar-refractivity contribution in [2.75, 3.05) is 19.6 Å². The molecule has 1 rings (SSSR count). The second-order valence-electron chi connectivity index (χ2n) is 6.28. The van der Waals surface area contributed by atoms with Crippen LogP contribution in [-0.4, -0.2) is 72.2 Å². The summed E-state index contributed by atoms with van der Waals surface area (Å²) in [5, 5.41) is 16.9. The van der Waals surface area contributed by atoms with Crippen LogP contribution in [-0.2, 0) is 33.6 Å². The van der Waals surface area contributed by atoms with E-state index in [0.29, 0.717) is 18.0 Å². The van der Waals surface area contributed by atoms with Gasteiger partial charge in [0.1, 0.15) is 12.6 Å². The van der Waals surface area contributed by atoms with Gasteiger partial charge in [0.15, 0.2) is 5.96 Å². The average molecular weight is 427 g/mol. The Morgan fingerprint density at radius 2 is 1.73 bits per heavy atom. The molecular formula is C16H25N7O7. The quantitative estimate of drug-likeness (QED) is 0.0837. The number of rotatable bonds is 11. The van der Waals surface area contributed by atoms with Gasteiger partial charge in [0.05, 0.1) is 6.54 Å². The zero-order chi connectivity index (χ0) is 22.7. The first-order chi connectivity index (χ1) is 14.1. The van der Waals surface area contributed by atoms with Crippen molar-refractivity contribution in [1.29, 1.82) is 5.41 Å². The molecule has 0 saturated carbocycles. The molecule has 0 aromatic carbocycles. The lowest BCUT2D eigenvalue weighted by Gasteiger charge is -2.17. The summed E-state index contributed by atoms with van der Waals surface area (Å²) in [6.45, 7) is 0.471. The minimum absolute atomic E-state index is 0.0508. The van der Waals surface area contributed by atoms with Crippen molar-refractivity contribution in [3.05, 3.63) is 0 Å². The third-order valence-corrected chi connectivity index (χ3v) is 3.73. The molecule has 0 radical (unpaired) electrons. The lowest BCUT2D eigenvalue weighted by Crippen LogP contribution is -2.49. The van der Waals surface area contributed by atoms with Gasteiger partial charge in [-0.2, -0.15) is 0 Å². The maximum Gasteiger partial charge on any atom is 0.352 e. The van der Waals surface area contributed by atoms with Crippen molar-refractivity contribution in [3.63, 3.8) is 0 Å². The molecule has 1 fully saturated rings. The molecule has 14 nitrogen and oxygen atoms in total. The van der Waals surface area contributed by atoms with E-state index >= 15 is 0 Å². The second kappa shape index (κ2) is 12.0. The molecule has 1 saturated heterocycles. The number of nitrogens with zero attached hydrogens (tertiary/aromatic N) is 1. The zero-order valence-corrected chi connectivity index (χ0v) is 16.4. The fourth-order valence-corrected chi connectivity index (χ4v) is 2.36. The number of nitrogens with two attached hydrogens (primary N) is 1. The molecule has 0 spiro atoms. The molecule has 7 N–H and O–H groups in total. The minimum atomic E-state index is -1.02. The Balaban J connectivity index is 2.36. The summed E-state index contributed by atoms with van der Waals surface area (Å²) in [5.74, 6) is -4.30. The largest absolute Gasteiger partial charge is 0.370 e. The Kier molecular flexibility index (Phi) is 9.72. The maximum atomic E-state index is 12.2. The maximum absolute atomic E-state index is 12.2. The van der Waals surface area contributed by atoms with Crippen LogP contribution in [0.3, 0.4) is 0 Å². The van der Waals surface area contributed by atoms with Crippen molar-refractivity contribution >= 4 is 41.5 Å². The summed E-state index contributed by atoms with van der Waals surface area (Å²) in [6, 6.07) is -0.902. The van der Waals surface area contributed by atoms with Crippen molar-refractivity contribution in [3.8, 4) is 0 Å². The van der Waals surface area contributed by atoms with Crippen LogP contribution in [0.2, 0.25) is 0 Å². The van der Waals surface area contributed by atoms with Crippen molar-refractivity contribution in [2.24, 2.45) is 5.73 Å². The molecule has 1 aliphatic rings. The minimum Gasteiger partial charge on any atom is -0.370 e. The Labute approximate surface area is 171 Å². The summed E-state index contributed by atoms with van der Waals surface area (Å²) >= 11 is 0. The van der Waals surface area contributed by atoms with E-state index in [0.717, 1.165) is 0 Å². The highest BCUT2D eigenvalue weighted by Gasteiger charge is 2.32. The van der Waals surface area contributed by atoms with Crippen LogP contribution < -0.4 is 27.0 Å². The lowest BCUT2D eigenvalue weighted by molar-refractivity contribution is -0.196. The Hall–Kier alpha value is -3.71. The zero-order valence-electron chi connectivity index (χ0n) is 16.4. The molecule has 0 aromatic heterocycles. The number of guanidine groups is 1. The number of carbonyl (C=O) groups excluding carboxylic acids is 6. The van der Waals surface area contributed by atoms with Gasteiger partial charge in [-0.05, 0) is 12.8 Å². The van der Waals surface area contributed by atoms with Crippen LogP contribution in [0, 0.1) is 5.41 Å². The summed E-state index contributed by atoms with van der Waals surface area (Å²) in [6.07, 6.45) is 0.553. The van der Waals surface area contributed by atoms with Crippen LogP contribution in [0.15, 0.2) is 0 Å². The summed E-state index contributed by atoms with van der Waals surface area (Å²) < 4.78 is 0. The third-order valence-electron chi connectivity index (χ3n) is 3.73. The van der Waals surface area contributed by atoms with Crippen LogP contribution in [0.4, 0.5) is 0 Å². The summed E-state index contributed by atoms with van der Waals surface area (Å²) in [7, 11) is 0. The number of hydroxylamine groups is 2. The SMILES string of the molecule is CC(=O)NC(CCCNC(=N)N)C(=O)NCC(=O)NCC(=O)ON1C(=O)CCC1=O. The van der Waals surface area contributed by atoms with E-state index in [1.54, 1.807) is 0 Å². The van der Waals surface area contributed by atoms with E-state index in [1.807, 2.05) is 0 Å². The molecule has 14 heteroatoms. The van der Waals surface area contributed by atoms with Crippen molar-refractivity contribution < 1.29 is 33.6 Å². The van der Waals surface area contributed by atoms with Crippen molar-refractivity contribution in [1.82, 2.24) is 26.3 Å². The fraction of sp³-hybridized carbons (Fsp3) is 0.562. The Morgan fingerprint density at radius 3 is 2.30 bits per heavy atom. The number of hydrogen-bond donors (Lipinski definition) is 6. The van der Waals surface area contributed by atoms with Crippen LogP contribution in [0.25, 0.3) is 0 Å². The van der Waals surface area contributed by atoms with E-state index in [1.165, 1.54) is 6.92 Å². The highest BCUT2D eigenvalue weighted by atomic mass is 16.7. The van der Waals surface area contributed by atoms with Gasteiger partial charge in [0.2, 0.25) is 17.7 Å². The topological polar surface area (TPSA) is 213 Å². The van der Waals surface area contributed by atoms with E-state index in [4.69, 9.17) is 11.1 Å². The highest BCUT2D eigenvalue weighted by molar-refractivity contribution is 6.01. The number of nitrogens with one attached hydrogen (secondary N) is 5. The van der Waals surface area contributed by atoms with Gasteiger partial charge >= 0.3 is 5.97 Å². The Morgan fingerprint density at radius 1 is 1.10 bits per heavy atom. The van der Waals surface area contributed by atoms with Gasteiger partial charge in [-0.1, -0.05) is 0 Å². The first-order valence-electron chi connectivity index (χ1n) is 9.06. The molecule has 1 aliphatic heterocycles. The van der Waals surface area contributed by atoms with Gasteiger partial charge in [0.25, 0.3) is 11.8 Å². The molecule has 0 bridgehead atoms. The molecule has 0 aliphatic carbocycles. The second-order valence-corrected chi connectivity index (χ2v) is 6.28. The van der Waals surface area contributed by atoms with Gasteiger partial charge < -0.3 is 31.8 Å². The van der Waals surface area contributed by atoms with Crippen molar-refractivity contribution in [2.45, 2.75) is 38.6 Å². The molecular weight excluding hydrogens is 402 g/mol. The van der Waals surface area contributed by atoms with E-state index in [2.05, 4.69) is 26.1 Å². The smallest absolute Gasteiger partial charge is 0.352 e. The number of hydrogen-bond acceptors (Lipinski definition) is 8. The number of imide groups is 1. The molecule has 1 unspecified atom stereocenters. The van der Waals surface area contributed by atoms with Gasteiger partial charge in [-0.3, -0.25) is 29.4 Å². The number of carbonyl (C=O) groups is 6.